The second-order valence-electron chi connectivity index (χ2n) is 11.7. The van der Waals surface area contributed by atoms with E-state index >= 15 is 0 Å². The Morgan fingerprint density at radius 2 is 1.63 bits per heavy atom. The van der Waals surface area contributed by atoms with Crippen LogP contribution in [0.4, 0.5) is 23.7 Å². The maximum Gasteiger partial charge on any atom is 0.418 e. The van der Waals surface area contributed by atoms with E-state index in [0.29, 0.717) is 29.9 Å². The van der Waals surface area contributed by atoms with E-state index in [1.807, 2.05) is 0 Å². The topological polar surface area (TPSA) is 70.1 Å². The third-order valence-corrected chi connectivity index (χ3v) is 7.58. The highest BCUT2D eigenvalue weighted by Crippen LogP contribution is 2.46. The molecular formula is C29H35F3N2O4. The van der Waals surface area contributed by atoms with Gasteiger partial charge in [0.1, 0.15) is 5.75 Å². The van der Waals surface area contributed by atoms with Crippen molar-refractivity contribution in [2.75, 3.05) is 31.1 Å². The molecule has 2 aliphatic heterocycles. The zero-order chi connectivity index (χ0) is 27.9. The Labute approximate surface area is 221 Å². The van der Waals surface area contributed by atoms with Crippen molar-refractivity contribution in [3.05, 3.63) is 59.7 Å². The summed E-state index contributed by atoms with van der Waals surface area (Å²) in [6.45, 7) is 7.03. The summed E-state index contributed by atoms with van der Waals surface area (Å²) in [5, 5.41) is 11.3. The summed E-state index contributed by atoms with van der Waals surface area (Å²) in [6.07, 6.45) is -4.43. The second-order valence-corrected chi connectivity index (χ2v) is 11.7. The number of amides is 1. The smallest absolute Gasteiger partial charge is 0.410 e. The third kappa shape index (κ3) is 5.39. The number of halogens is 3. The SMILES string of the molecule is CC1(C)CN(CC(O)(CC(C)(C)c2ccccc2OC(=O)N2CCCC2)C(F)(F)F)c2ccccc2C1=O. The van der Waals surface area contributed by atoms with Gasteiger partial charge in [0.2, 0.25) is 0 Å². The highest BCUT2D eigenvalue weighted by Gasteiger charge is 2.58. The quantitative estimate of drug-likeness (QED) is 0.496. The van der Waals surface area contributed by atoms with Crippen LogP contribution in [0.2, 0.25) is 0 Å². The molecule has 1 saturated heterocycles. The molecule has 1 unspecified atom stereocenters. The number of Topliss-reactive ketones (excluding diaryl/α,β-unsaturated/α-hetero) is 1. The average molecular weight is 533 g/mol. The normalized spacial score (nSPS) is 19.2. The zero-order valence-corrected chi connectivity index (χ0v) is 22.3. The van der Waals surface area contributed by atoms with Crippen molar-refractivity contribution >= 4 is 17.6 Å². The zero-order valence-electron chi connectivity index (χ0n) is 22.3. The number of benzene rings is 2. The van der Waals surface area contributed by atoms with Crippen LogP contribution in [0.1, 0.15) is 62.9 Å². The molecule has 1 fully saturated rings. The van der Waals surface area contributed by atoms with Gasteiger partial charge in [0, 0.05) is 41.9 Å². The maximum absolute atomic E-state index is 14.6. The summed E-state index contributed by atoms with van der Waals surface area (Å²) >= 11 is 0. The van der Waals surface area contributed by atoms with Crippen LogP contribution in [0.5, 0.6) is 5.75 Å². The molecule has 2 aliphatic rings. The summed E-state index contributed by atoms with van der Waals surface area (Å²) < 4.78 is 49.5. The van der Waals surface area contributed by atoms with Crippen LogP contribution in [0.15, 0.2) is 48.5 Å². The van der Waals surface area contributed by atoms with E-state index in [1.165, 1.54) is 4.90 Å². The molecule has 6 nitrogen and oxygen atoms in total. The monoisotopic (exact) mass is 532 g/mol. The maximum atomic E-state index is 14.6. The van der Waals surface area contributed by atoms with E-state index in [-0.39, 0.29) is 18.1 Å². The molecule has 38 heavy (non-hydrogen) atoms. The first-order valence-electron chi connectivity index (χ1n) is 12.9. The van der Waals surface area contributed by atoms with Crippen LogP contribution in [0, 0.1) is 5.41 Å². The number of para-hydroxylation sites is 2. The molecule has 0 saturated carbocycles. The fourth-order valence-corrected chi connectivity index (χ4v) is 5.64. The summed E-state index contributed by atoms with van der Waals surface area (Å²) in [7, 11) is 0. The molecule has 1 amide bonds. The number of likely N-dealkylation sites (tertiary alicyclic amines) is 1. The minimum Gasteiger partial charge on any atom is -0.410 e. The highest BCUT2D eigenvalue weighted by molar-refractivity contribution is 6.06. The Kier molecular flexibility index (Phi) is 7.29. The van der Waals surface area contributed by atoms with Gasteiger partial charge in [-0.3, -0.25) is 4.79 Å². The van der Waals surface area contributed by atoms with Crippen molar-refractivity contribution in [2.45, 2.75) is 64.1 Å². The molecule has 9 heteroatoms. The van der Waals surface area contributed by atoms with E-state index in [4.69, 9.17) is 4.74 Å². The number of β-amino-alcohol motifs (C(OH)–C–C–N with tert-alkyl or cyclic N) is 1. The number of hydrogen-bond acceptors (Lipinski definition) is 5. The van der Waals surface area contributed by atoms with Crippen molar-refractivity contribution in [3.63, 3.8) is 0 Å². The Bertz CT molecular complexity index is 1200. The fourth-order valence-electron chi connectivity index (χ4n) is 5.64. The van der Waals surface area contributed by atoms with Gasteiger partial charge in [-0.25, -0.2) is 4.79 Å². The van der Waals surface area contributed by atoms with Crippen molar-refractivity contribution in [3.8, 4) is 5.75 Å². The lowest BCUT2D eigenvalue weighted by atomic mass is 9.73. The molecule has 2 aromatic rings. The van der Waals surface area contributed by atoms with Crippen LogP contribution >= 0.6 is 0 Å². The van der Waals surface area contributed by atoms with Crippen molar-refractivity contribution < 1.29 is 32.6 Å². The fraction of sp³-hybridized carbons (Fsp3) is 0.517. The van der Waals surface area contributed by atoms with Gasteiger partial charge in [-0.2, -0.15) is 13.2 Å². The van der Waals surface area contributed by atoms with E-state index in [9.17, 15) is 27.9 Å². The Hall–Kier alpha value is -3.07. The minimum absolute atomic E-state index is 0.0334. The number of ketones is 1. The lowest BCUT2D eigenvalue weighted by Gasteiger charge is -2.45. The van der Waals surface area contributed by atoms with Gasteiger partial charge in [-0.05, 0) is 42.9 Å². The van der Waals surface area contributed by atoms with Crippen LogP contribution < -0.4 is 9.64 Å². The van der Waals surface area contributed by atoms with E-state index < -0.39 is 41.7 Å². The average Bonchev–Trinajstić information content (AvgIpc) is 3.37. The Balaban J connectivity index is 1.65. The van der Waals surface area contributed by atoms with Crippen molar-refractivity contribution in [1.29, 1.82) is 0 Å². The number of carbonyl (C=O) groups is 2. The lowest BCUT2D eigenvalue weighted by Crippen LogP contribution is -2.59. The number of rotatable bonds is 6. The Morgan fingerprint density at radius 1 is 1.03 bits per heavy atom. The number of carbonyl (C=O) groups excluding carboxylic acids is 2. The molecule has 0 spiro atoms. The van der Waals surface area contributed by atoms with Gasteiger partial charge >= 0.3 is 12.3 Å². The molecule has 0 aliphatic carbocycles. The lowest BCUT2D eigenvalue weighted by molar-refractivity contribution is -0.262. The summed E-state index contributed by atoms with van der Waals surface area (Å²) in [5.41, 5.74) is -4.17. The number of hydrogen-bond donors (Lipinski definition) is 1. The molecule has 2 aromatic carbocycles. The van der Waals surface area contributed by atoms with Crippen LogP contribution in [0.25, 0.3) is 0 Å². The van der Waals surface area contributed by atoms with E-state index in [1.54, 1.807) is 81.1 Å². The predicted octanol–water partition coefficient (Wildman–Crippen LogP) is 5.97. The largest absolute Gasteiger partial charge is 0.418 e. The Morgan fingerprint density at radius 3 is 2.29 bits per heavy atom. The first kappa shape index (κ1) is 28.0. The van der Waals surface area contributed by atoms with Crippen LogP contribution in [-0.2, 0) is 5.41 Å². The first-order valence-corrected chi connectivity index (χ1v) is 12.9. The molecular weight excluding hydrogens is 497 g/mol. The van der Waals surface area contributed by atoms with E-state index in [0.717, 1.165) is 12.8 Å². The number of alkyl halides is 3. The molecule has 0 radical (unpaired) electrons. The number of nitrogens with zero attached hydrogens (tertiary/aromatic N) is 2. The first-order chi connectivity index (χ1) is 17.6. The van der Waals surface area contributed by atoms with Gasteiger partial charge in [-0.15, -0.1) is 0 Å². The molecule has 1 atom stereocenters. The number of fused-ring (bicyclic) bond motifs is 1. The van der Waals surface area contributed by atoms with Crippen LogP contribution in [-0.4, -0.2) is 59.8 Å². The van der Waals surface area contributed by atoms with Crippen molar-refractivity contribution in [2.24, 2.45) is 5.41 Å². The van der Waals surface area contributed by atoms with Crippen LogP contribution in [0.3, 0.4) is 0 Å². The molecule has 0 bridgehead atoms. The predicted molar refractivity (Wildman–Crippen MR) is 139 cm³/mol. The third-order valence-electron chi connectivity index (χ3n) is 7.58. The van der Waals surface area contributed by atoms with Gasteiger partial charge in [-0.1, -0.05) is 58.0 Å². The minimum atomic E-state index is -4.97. The number of aliphatic hydroxyl groups is 1. The molecule has 0 aromatic heterocycles. The molecule has 2 heterocycles. The van der Waals surface area contributed by atoms with Crippen molar-refractivity contribution in [1.82, 2.24) is 4.90 Å². The molecule has 206 valence electrons. The van der Waals surface area contributed by atoms with Gasteiger partial charge in [0.25, 0.3) is 0 Å². The van der Waals surface area contributed by atoms with Gasteiger partial charge in [0.05, 0.1) is 6.54 Å². The van der Waals surface area contributed by atoms with Gasteiger partial charge < -0.3 is 19.6 Å². The number of ether oxygens (including phenoxy) is 1. The van der Waals surface area contributed by atoms with Gasteiger partial charge in [0.15, 0.2) is 11.4 Å². The standard InChI is InChI=1S/C29H35F3N2O4/c1-26(2,21-12-6-8-14-23(21)38-25(36)33-15-9-10-16-33)17-28(37,29(30,31)32)19-34-18-27(3,4)24(35)20-11-5-7-13-22(20)34/h5-8,11-14,37H,9-10,15-19H2,1-4H3. The van der Waals surface area contributed by atoms with E-state index in [2.05, 4.69) is 0 Å². The summed E-state index contributed by atoms with van der Waals surface area (Å²) in [5.74, 6) is 0.0305. The summed E-state index contributed by atoms with van der Waals surface area (Å²) in [6, 6.07) is 13.1. The summed E-state index contributed by atoms with van der Waals surface area (Å²) in [4.78, 5) is 28.6. The molecule has 1 N–H and O–H groups in total. The second kappa shape index (κ2) is 9.91. The highest BCUT2D eigenvalue weighted by atomic mass is 19.4. The number of anilines is 1. The molecule has 4 rings (SSSR count).